The first-order chi connectivity index (χ1) is 14.9. The van der Waals surface area contributed by atoms with Gasteiger partial charge in [0.1, 0.15) is 17.5 Å². The molecule has 1 atom stereocenters. The Labute approximate surface area is 193 Å². The average molecular weight is 491 g/mol. The number of ether oxygens (including phenoxy) is 2. The van der Waals surface area contributed by atoms with Crippen molar-refractivity contribution in [2.75, 3.05) is 20.3 Å². The number of aryl methyl sites for hydroxylation is 1. The summed E-state index contributed by atoms with van der Waals surface area (Å²) in [5.41, 5.74) is 2.04. The Morgan fingerprint density at radius 1 is 1.13 bits per heavy atom. The number of carbonyl (C=O) groups is 2. The van der Waals surface area contributed by atoms with Crippen LogP contribution in [0.1, 0.15) is 38.3 Å². The molecule has 2 aromatic carbocycles. The Morgan fingerprint density at radius 2 is 1.90 bits per heavy atom. The second-order valence-electron chi connectivity index (χ2n) is 7.25. The molecule has 31 heavy (non-hydrogen) atoms. The maximum Gasteiger partial charge on any atom is 0.261 e. The van der Waals surface area contributed by atoms with E-state index in [1.54, 1.807) is 14.0 Å². The molecule has 0 spiro atoms. The third-order valence-electron chi connectivity index (χ3n) is 4.96. The maximum absolute atomic E-state index is 13.1. The second kappa shape index (κ2) is 12.3. The fourth-order valence-corrected chi connectivity index (χ4v) is 3.59. The molecule has 0 bridgehead atoms. The zero-order chi connectivity index (χ0) is 22.8. The Hall–Kier alpha value is -2.54. The number of carbonyl (C=O) groups excluding carboxylic acids is 2. The van der Waals surface area contributed by atoms with Gasteiger partial charge in [-0.1, -0.05) is 32.0 Å². The molecule has 168 valence electrons. The topological polar surface area (TPSA) is 67.9 Å². The highest BCUT2D eigenvalue weighted by Gasteiger charge is 2.26. The SMILES string of the molecule is CCCNC(=O)[C@H](C)N(Cc1cccc(OC)c1)C(=O)COc1ccc(CC)cc1Br. The van der Waals surface area contributed by atoms with E-state index < -0.39 is 6.04 Å². The standard InChI is InChI=1S/C24H31BrN2O4/c1-5-12-26-24(29)17(3)27(15-19-8-7-9-20(13-19)30-4)23(28)16-31-22-11-10-18(6-2)14-21(22)25/h7-11,13-14,17H,5-6,12,15-16H2,1-4H3,(H,26,29)/t17-/m0/s1. The summed E-state index contributed by atoms with van der Waals surface area (Å²) in [4.78, 5) is 27.2. The van der Waals surface area contributed by atoms with Crippen LogP contribution in [0.15, 0.2) is 46.9 Å². The number of benzene rings is 2. The lowest BCUT2D eigenvalue weighted by atomic mass is 10.1. The number of nitrogens with one attached hydrogen (secondary N) is 1. The Balaban J connectivity index is 2.17. The summed E-state index contributed by atoms with van der Waals surface area (Å²) in [6, 6.07) is 12.6. The lowest BCUT2D eigenvalue weighted by molar-refractivity contribution is -0.142. The van der Waals surface area contributed by atoms with Crippen LogP contribution in [0.4, 0.5) is 0 Å². The predicted octanol–water partition coefficient (Wildman–Crippen LogP) is 4.34. The molecule has 0 radical (unpaired) electrons. The van der Waals surface area contributed by atoms with Crippen LogP contribution in [0, 0.1) is 0 Å². The lowest BCUT2D eigenvalue weighted by Gasteiger charge is -2.29. The van der Waals surface area contributed by atoms with Gasteiger partial charge in [-0.2, -0.15) is 0 Å². The Bertz CT molecular complexity index is 888. The number of methoxy groups -OCH3 is 1. The molecule has 0 aliphatic rings. The molecule has 2 rings (SSSR count). The Morgan fingerprint density at radius 3 is 2.55 bits per heavy atom. The molecule has 0 aliphatic carbocycles. The predicted molar refractivity (Wildman–Crippen MR) is 125 cm³/mol. The quantitative estimate of drug-likeness (QED) is 0.508. The maximum atomic E-state index is 13.1. The van der Waals surface area contributed by atoms with Gasteiger partial charge < -0.3 is 19.7 Å². The average Bonchev–Trinajstić information content (AvgIpc) is 2.79. The number of rotatable bonds is 11. The van der Waals surface area contributed by atoms with Crippen LogP contribution in [0.3, 0.4) is 0 Å². The first kappa shape index (κ1) is 24.7. The zero-order valence-corrected chi connectivity index (χ0v) is 20.2. The van der Waals surface area contributed by atoms with Crippen molar-refractivity contribution in [3.63, 3.8) is 0 Å². The van der Waals surface area contributed by atoms with Gasteiger partial charge in [0.15, 0.2) is 6.61 Å². The van der Waals surface area contributed by atoms with E-state index in [0.29, 0.717) is 18.0 Å². The lowest BCUT2D eigenvalue weighted by Crippen LogP contribution is -2.49. The van der Waals surface area contributed by atoms with Gasteiger partial charge in [-0.3, -0.25) is 9.59 Å². The summed E-state index contributed by atoms with van der Waals surface area (Å²) in [6.45, 7) is 6.47. The molecule has 0 fully saturated rings. The third-order valence-corrected chi connectivity index (χ3v) is 5.58. The van der Waals surface area contributed by atoms with Gasteiger partial charge >= 0.3 is 0 Å². The monoisotopic (exact) mass is 490 g/mol. The van der Waals surface area contributed by atoms with Crippen LogP contribution in [-0.2, 0) is 22.6 Å². The van der Waals surface area contributed by atoms with E-state index in [1.807, 2.05) is 49.4 Å². The van der Waals surface area contributed by atoms with Gasteiger partial charge in [0, 0.05) is 13.1 Å². The van der Waals surface area contributed by atoms with Gasteiger partial charge in [-0.15, -0.1) is 0 Å². The van der Waals surface area contributed by atoms with Crippen molar-refractivity contribution >= 4 is 27.7 Å². The van der Waals surface area contributed by atoms with Gasteiger partial charge in [-0.25, -0.2) is 0 Å². The summed E-state index contributed by atoms with van der Waals surface area (Å²) < 4.78 is 11.9. The van der Waals surface area contributed by atoms with Gasteiger partial charge in [0.2, 0.25) is 5.91 Å². The van der Waals surface area contributed by atoms with Crippen LogP contribution >= 0.6 is 15.9 Å². The van der Waals surface area contributed by atoms with E-state index in [1.165, 1.54) is 10.5 Å². The van der Waals surface area contributed by atoms with Crippen molar-refractivity contribution in [1.29, 1.82) is 0 Å². The van der Waals surface area contributed by atoms with Crippen molar-refractivity contribution < 1.29 is 19.1 Å². The summed E-state index contributed by atoms with van der Waals surface area (Å²) >= 11 is 3.50. The largest absolute Gasteiger partial charge is 0.497 e. The summed E-state index contributed by atoms with van der Waals surface area (Å²) in [6.07, 6.45) is 1.74. The van der Waals surface area contributed by atoms with Crippen LogP contribution in [0.2, 0.25) is 0 Å². The summed E-state index contributed by atoms with van der Waals surface area (Å²) in [7, 11) is 1.60. The highest BCUT2D eigenvalue weighted by Crippen LogP contribution is 2.26. The minimum absolute atomic E-state index is 0.167. The van der Waals surface area contributed by atoms with Crippen molar-refractivity contribution in [1.82, 2.24) is 10.2 Å². The molecule has 2 aromatic rings. The van der Waals surface area contributed by atoms with E-state index in [0.717, 1.165) is 22.9 Å². The van der Waals surface area contributed by atoms with Crippen molar-refractivity contribution in [3.05, 3.63) is 58.1 Å². The van der Waals surface area contributed by atoms with E-state index in [9.17, 15) is 9.59 Å². The van der Waals surface area contributed by atoms with Crippen molar-refractivity contribution in [3.8, 4) is 11.5 Å². The normalized spacial score (nSPS) is 11.5. The molecule has 1 N–H and O–H groups in total. The molecular formula is C24H31BrN2O4. The van der Waals surface area contributed by atoms with Gasteiger partial charge in [-0.05, 0) is 71.1 Å². The number of halogens is 1. The minimum Gasteiger partial charge on any atom is -0.497 e. The zero-order valence-electron chi connectivity index (χ0n) is 18.6. The minimum atomic E-state index is -0.639. The fourth-order valence-electron chi connectivity index (χ4n) is 3.05. The number of nitrogens with zero attached hydrogens (tertiary/aromatic N) is 1. The van der Waals surface area contributed by atoms with Crippen molar-refractivity contribution in [2.45, 2.75) is 46.2 Å². The molecule has 7 heteroatoms. The summed E-state index contributed by atoms with van der Waals surface area (Å²) in [5, 5.41) is 2.87. The third kappa shape index (κ3) is 7.28. The van der Waals surface area contributed by atoms with Crippen LogP contribution < -0.4 is 14.8 Å². The molecule has 0 unspecified atom stereocenters. The second-order valence-corrected chi connectivity index (χ2v) is 8.10. The smallest absolute Gasteiger partial charge is 0.261 e. The van der Waals surface area contributed by atoms with Crippen LogP contribution in [-0.4, -0.2) is 43.0 Å². The molecule has 0 saturated carbocycles. The molecule has 0 saturated heterocycles. The number of hydrogen-bond acceptors (Lipinski definition) is 4. The van der Waals surface area contributed by atoms with Gasteiger partial charge in [0.05, 0.1) is 11.6 Å². The van der Waals surface area contributed by atoms with E-state index in [2.05, 4.69) is 28.2 Å². The fraction of sp³-hybridized carbons (Fsp3) is 0.417. The molecular weight excluding hydrogens is 460 g/mol. The first-order valence-corrected chi connectivity index (χ1v) is 11.3. The van der Waals surface area contributed by atoms with Crippen LogP contribution in [0.5, 0.6) is 11.5 Å². The van der Waals surface area contributed by atoms with E-state index in [4.69, 9.17) is 9.47 Å². The van der Waals surface area contributed by atoms with E-state index >= 15 is 0 Å². The van der Waals surface area contributed by atoms with E-state index in [-0.39, 0.29) is 25.0 Å². The van der Waals surface area contributed by atoms with Crippen molar-refractivity contribution in [2.24, 2.45) is 0 Å². The molecule has 0 heterocycles. The number of amides is 2. The molecule has 0 aliphatic heterocycles. The Kier molecular flexibility index (Phi) is 9.85. The molecule has 0 aromatic heterocycles. The highest BCUT2D eigenvalue weighted by molar-refractivity contribution is 9.10. The summed E-state index contributed by atoms with van der Waals surface area (Å²) in [5.74, 6) is 0.833. The van der Waals surface area contributed by atoms with Crippen LogP contribution in [0.25, 0.3) is 0 Å². The first-order valence-electron chi connectivity index (χ1n) is 10.5. The molecule has 6 nitrogen and oxygen atoms in total. The van der Waals surface area contributed by atoms with Gasteiger partial charge in [0.25, 0.3) is 5.91 Å². The highest BCUT2D eigenvalue weighted by atomic mass is 79.9. The number of hydrogen-bond donors (Lipinski definition) is 1. The molecule has 2 amide bonds.